The number of hydrogen-bond acceptors (Lipinski definition) is 2. The molecule has 0 N–H and O–H groups in total. The Labute approximate surface area is 86.4 Å². The Balaban J connectivity index is 2.37. The highest BCUT2D eigenvalue weighted by molar-refractivity contribution is 5.87. The fraction of sp³-hybridized carbons (Fsp3) is 0.727. The SMILES string of the molecule is CCN(CC)C(=O)C=CN1CCCC1. The maximum Gasteiger partial charge on any atom is 0.247 e. The molecular formula is C11H20N2O. The molecule has 0 aromatic heterocycles. The molecule has 1 heterocycles. The van der Waals surface area contributed by atoms with Crippen LogP contribution in [0.5, 0.6) is 0 Å². The predicted octanol–water partition coefficient (Wildman–Crippen LogP) is 1.46. The molecule has 0 bridgehead atoms. The van der Waals surface area contributed by atoms with E-state index < -0.39 is 0 Å². The van der Waals surface area contributed by atoms with E-state index in [2.05, 4.69) is 4.90 Å². The summed E-state index contributed by atoms with van der Waals surface area (Å²) in [6.07, 6.45) is 6.14. The van der Waals surface area contributed by atoms with E-state index in [4.69, 9.17) is 0 Å². The third-order valence-electron chi connectivity index (χ3n) is 2.64. The van der Waals surface area contributed by atoms with Crippen LogP contribution in [0.25, 0.3) is 0 Å². The van der Waals surface area contributed by atoms with Gasteiger partial charge < -0.3 is 9.80 Å². The highest BCUT2D eigenvalue weighted by Gasteiger charge is 2.08. The average Bonchev–Trinajstić information content (AvgIpc) is 2.69. The number of rotatable bonds is 4. The van der Waals surface area contributed by atoms with Gasteiger partial charge in [-0.2, -0.15) is 0 Å². The molecule has 0 atom stereocenters. The van der Waals surface area contributed by atoms with E-state index in [0.717, 1.165) is 26.2 Å². The summed E-state index contributed by atoms with van der Waals surface area (Å²) in [4.78, 5) is 15.6. The summed E-state index contributed by atoms with van der Waals surface area (Å²) >= 11 is 0. The minimum atomic E-state index is 0.127. The number of amides is 1. The minimum Gasteiger partial charge on any atom is -0.377 e. The summed E-state index contributed by atoms with van der Waals surface area (Å²) in [6.45, 7) is 7.79. The van der Waals surface area contributed by atoms with Gasteiger partial charge in [-0.05, 0) is 26.7 Å². The van der Waals surface area contributed by atoms with Crippen LogP contribution < -0.4 is 0 Å². The zero-order valence-corrected chi connectivity index (χ0v) is 9.20. The van der Waals surface area contributed by atoms with E-state index in [1.807, 2.05) is 24.9 Å². The third-order valence-corrected chi connectivity index (χ3v) is 2.64. The van der Waals surface area contributed by atoms with Gasteiger partial charge in [0, 0.05) is 38.5 Å². The van der Waals surface area contributed by atoms with Crippen molar-refractivity contribution in [1.82, 2.24) is 9.80 Å². The molecule has 0 unspecified atom stereocenters. The molecule has 1 aliphatic heterocycles. The Hall–Kier alpha value is -0.990. The Bertz CT molecular complexity index is 203. The van der Waals surface area contributed by atoms with Crippen molar-refractivity contribution in [2.75, 3.05) is 26.2 Å². The van der Waals surface area contributed by atoms with Crippen LogP contribution in [-0.2, 0) is 4.79 Å². The van der Waals surface area contributed by atoms with E-state index in [1.165, 1.54) is 12.8 Å². The van der Waals surface area contributed by atoms with Gasteiger partial charge in [-0.3, -0.25) is 4.79 Å². The molecule has 1 amide bonds. The van der Waals surface area contributed by atoms with Crippen molar-refractivity contribution in [1.29, 1.82) is 0 Å². The summed E-state index contributed by atoms with van der Waals surface area (Å²) in [6, 6.07) is 0. The molecule has 3 heteroatoms. The first-order valence-electron chi connectivity index (χ1n) is 5.49. The third kappa shape index (κ3) is 3.05. The molecule has 3 nitrogen and oxygen atoms in total. The normalized spacial score (nSPS) is 16.6. The highest BCUT2D eigenvalue weighted by Crippen LogP contribution is 2.07. The van der Waals surface area contributed by atoms with Crippen molar-refractivity contribution < 1.29 is 4.79 Å². The molecule has 0 aliphatic carbocycles. The van der Waals surface area contributed by atoms with Gasteiger partial charge in [0.25, 0.3) is 0 Å². The van der Waals surface area contributed by atoms with Crippen LogP contribution >= 0.6 is 0 Å². The molecule has 0 spiro atoms. The maximum atomic E-state index is 11.6. The van der Waals surface area contributed by atoms with Gasteiger partial charge in [-0.25, -0.2) is 0 Å². The molecular weight excluding hydrogens is 176 g/mol. The predicted molar refractivity (Wildman–Crippen MR) is 57.9 cm³/mol. The maximum absolute atomic E-state index is 11.6. The number of carbonyl (C=O) groups excluding carboxylic acids is 1. The fourth-order valence-corrected chi connectivity index (χ4v) is 1.70. The Kier molecular flexibility index (Phi) is 4.50. The van der Waals surface area contributed by atoms with Gasteiger partial charge >= 0.3 is 0 Å². The first-order valence-corrected chi connectivity index (χ1v) is 5.49. The number of hydrogen-bond donors (Lipinski definition) is 0. The quantitative estimate of drug-likeness (QED) is 0.636. The van der Waals surface area contributed by atoms with Crippen LogP contribution in [-0.4, -0.2) is 41.9 Å². The fourth-order valence-electron chi connectivity index (χ4n) is 1.70. The lowest BCUT2D eigenvalue weighted by atomic mass is 10.4. The molecule has 0 aromatic rings. The summed E-state index contributed by atoms with van der Waals surface area (Å²) < 4.78 is 0. The van der Waals surface area contributed by atoms with Crippen molar-refractivity contribution >= 4 is 5.91 Å². The summed E-state index contributed by atoms with van der Waals surface area (Å²) in [5.41, 5.74) is 0. The largest absolute Gasteiger partial charge is 0.377 e. The van der Waals surface area contributed by atoms with Crippen molar-refractivity contribution in [3.05, 3.63) is 12.3 Å². The number of likely N-dealkylation sites (tertiary alicyclic amines) is 1. The van der Waals surface area contributed by atoms with Crippen LogP contribution in [0.1, 0.15) is 26.7 Å². The molecule has 1 fully saturated rings. The number of carbonyl (C=O) groups is 1. The molecule has 80 valence electrons. The summed E-state index contributed by atoms with van der Waals surface area (Å²) in [5, 5.41) is 0. The molecule has 0 aromatic carbocycles. The second-order valence-corrected chi connectivity index (χ2v) is 3.57. The zero-order valence-electron chi connectivity index (χ0n) is 9.20. The van der Waals surface area contributed by atoms with Crippen molar-refractivity contribution in [2.24, 2.45) is 0 Å². The standard InChI is InChI=1S/C11H20N2O/c1-3-13(4-2)11(14)7-10-12-8-5-6-9-12/h7,10H,3-6,8-9H2,1-2H3. The Morgan fingerprint density at radius 2 is 1.86 bits per heavy atom. The summed E-state index contributed by atoms with van der Waals surface area (Å²) in [5.74, 6) is 0.127. The Morgan fingerprint density at radius 3 is 2.36 bits per heavy atom. The molecule has 1 saturated heterocycles. The van der Waals surface area contributed by atoms with Gasteiger partial charge in [-0.1, -0.05) is 0 Å². The lowest BCUT2D eigenvalue weighted by molar-refractivity contribution is -0.125. The van der Waals surface area contributed by atoms with Crippen LogP contribution in [0, 0.1) is 0 Å². The van der Waals surface area contributed by atoms with E-state index in [1.54, 1.807) is 6.08 Å². The molecule has 0 saturated carbocycles. The van der Waals surface area contributed by atoms with Crippen molar-refractivity contribution in [2.45, 2.75) is 26.7 Å². The lowest BCUT2D eigenvalue weighted by Gasteiger charge is -2.17. The second kappa shape index (κ2) is 5.68. The first-order chi connectivity index (χ1) is 6.77. The smallest absolute Gasteiger partial charge is 0.247 e. The van der Waals surface area contributed by atoms with Gasteiger partial charge in [0.05, 0.1) is 0 Å². The Morgan fingerprint density at radius 1 is 1.29 bits per heavy atom. The lowest BCUT2D eigenvalue weighted by Crippen LogP contribution is -2.29. The topological polar surface area (TPSA) is 23.6 Å². The van der Waals surface area contributed by atoms with Crippen molar-refractivity contribution in [3.63, 3.8) is 0 Å². The van der Waals surface area contributed by atoms with E-state index >= 15 is 0 Å². The van der Waals surface area contributed by atoms with E-state index in [-0.39, 0.29) is 5.91 Å². The molecule has 0 radical (unpaired) electrons. The molecule has 1 aliphatic rings. The monoisotopic (exact) mass is 196 g/mol. The molecule has 14 heavy (non-hydrogen) atoms. The highest BCUT2D eigenvalue weighted by atomic mass is 16.2. The van der Waals surface area contributed by atoms with Gasteiger partial charge in [0.2, 0.25) is 5.91 Å². The van der Waals surface area contributed by atoms with E-state index in [0.29, 0.717) is 0 Å². The zero-order chi connectivity index (χ0) is 10.4. The van der Waals surface area contributed by atoms with Crippen LogP contribution in [0.2, 0.25) is 0 Å². The second-order valence-electron chi connectivity index (χ2n) is 3.57. The first kappa shape index (κ1) is 11.1. The van der Waals surface area contributed by atoms with Crippen LogP contribution in [0.3, 0.4) is 0 Å². The number of nitrogens with zero attached hydrogens (tertiary/aromatic N) is 2. The average molecular weight is 196 g/mol. The van der Waals surface area contributed by atoms with Crippen LogP contribution in [0.15, 0.2) is 12.3 Å². The molecule has 1 rings (SSSR count). The summed E-state index contributed by atoms with van der Waals surface area (Å²) in [7, 11) is 0. The van der Waals surface area contributed by atoms with Gasteiger partial charge in [-0.15, -0.1) is 0 Å². The van der Waals surface area contributed by atoms with Gasteiger partial charge in [0.1, 0.15) is 0 Å². The number of likely N-dealkylation sites (N-methyl/N-ethyl adjacent to an activating group) is 1. The van der Waals surface area contributed by atoms with Gasteiger partial charge in [0.15, 0.2) is 0 Å². The minimum absolute atomic E-state index is 0.127. The van der Waals surface area contributed by atoms with E-state index in [9.17, 15) is 4.79 Å². The van der Waals surface area contributed by atoms with Crippen molar-refractivity contribution in [3.8, 4) is 0 Å². The van der Waals surface area contributed by atoms with Crippen LogP contribution in [0.4, 0.5) is 0 Å².